The minimum Gasteiger partial charge on any atom is -0.480 e. The van der Waals surface area contributed by atoms with Crippen molar-refractivity contribution in [1.29, 1.82) is 0 Å². The maximum Gasteiger partial charge on any atom is 0.327 e. The highest BCUT2D eigenvalue weighted by atomic mass is 16.5. The van der Waals surface area contributed by atoms with Gasteiger partial charge in [-0.15, -0.1) is 5.10 Å². The Bertz CT molecular complexity index is 691. The quantitative estimate of drug-likeness (QED) is 0.768. The van der Waals surface area contributed by atoms with Crippen LogP contribution in [0.15, 0.2) is 23.0 Å². The Kier molecular flexibility index (Phi) is 3.50. The largest absolute Gasteiger partial charge is 0.480 e. The van der Waals surface area contributed by atoms with Gasteiger partial charge in [0.25, 0.3) is 5.56 Å². The number of esters is 1. The van der Waals surface area contributed by atoms with E-state index in [1.807, 2.05) is 19.1 Å². The highest BCUT2D eigenvalue weighted by Crippen LogP contribution is 2.21. The molecule has 2 rings (SSSR count). The van der Waals surface area contributed by atoms with Gasteiger partial charge < -0.3 is 9.47 Å². The van der Waals surface area contributed by atoms with Gasteiger partial charge in [-0.05, 0) is 19.1 Å². The molecular weight excluding hydrogens is 248 g/mol. The molecule has 0 aliphatic carbocycles. The summed E-state index contributed by atoms with van der Waals surface area (Å²) in [4.78, 5) is 23.5. The number of carbonyl (C=O) groups excluding carboxylic acids is 1. The van der Waals surface area contributed by atoms with Gasteiger partial charge in [0.2, 0.25) is 5.88 Å². The first-order chi connectivity index (χ1) is 9.06. The monoisotopic (exact) mass is 262 g/mol. The van der Waals surface area contributed by atoms with E-state index in [2.05, 4.69) is 9.84 Å². The summed E-state index contributed by atoms with van der Waals surface area (Å²) in [6.07, 6.45) is 0. The van der Waals surface area contributed by atoms with Crippen LogP contribution in [0.25, 0.3) is 10.8 Å². The molecule has 6 nitrogen and oxygen atoms in total. The second-order valence-corrected chi connectivity index (χ2v) is 4.10. The summed E-state index contributed by atoms with van der Waals surface area (Å²) in [5.41, 5.74) is 0.652. The van der Waals surface area contributed by atoms with Gasteiger partial charge in [-0.25, -0.2) is 4.68 Å². The zero-order valence-electron chi connectivity index (χ0n) is 11.0. The first-order valence-electron chi connectivity index (χ1n) is 5.69. The average Bonchev–Trinajstić information content (AvgIpc) is 2.41. The number of hydrogen-bond acceptors (Lipinski definition) is 5. The van der Waals surface area contributed by atoms with Crippen LogP contribution in [0, 0.1) is 6.92 Å². The third-order valence-corrected chi connectivity index (χ3v) is 2.78. The predicted octanol–water partition coefficient (Wildman–Crippen LogP) is 0.887. The third-order valence-electron chi connectivity index (χ3n) is 2.78. The van der Waals surface area contributed by atoms with E-state index in [0.717, 1.165) is 10.2 Å². The van der Waals surface area contributed by atoms with E-state index in [1.54, 1.807) is 6.07 Å². The second kappa shape index (κ2) is 5.09. The summed E-state index contributed by atoms with van der Waals surface area (Å²) < 4.78 is 10.7. The van der Waals surface area contributed by atoms with Crippen molar-refractivity contribution in [2.24, 2.45) is 0 Å². The fraction of sp³-hybridized carbons (Fsp3) is 0.308. The summed E-state index contributed by atoms with van der Waals surface area (Å²) in [6.45, 7) is 1.67. The molecule has 1 aromatic carbocycles. The van der Waals surface area contributed by atoms with Crippen molar-refractivity contribution >= 4 is 16.7 Å². The van der Waals surface area contributed by atoms with Crippen molar-refractivity contribution < 1.29 is 14.3 Å². The maximum absolute atomic E-state index is 12.2. The summed E-state index contributed by atoms with van der Waals surface area (Å²) in [5, 5.41) is 5.12. The van der Waals surface area contributed by atoms with Gasteiger partial charge in [-0.3, -0.25) is 9.59 Å². The molecular formula is C13H14N2O4. The van der Waals surface area contributed by atoms with Crippen LogP contribution < -0.4 is 10.3 Å². The van der Waals surface area contributed by atoms with Crippen LogP contribution in [0.3, 0.4) is 0 Å². The molecule has 0 unspecified atom stereocenters. The van der Waals surface area contributed by atoms with Crippen molar-refractivity contribution in [3.05, 3.63) is 34.1 Å². The number of nitrogens with zero attached hydrogens (tertiary/aromatic N) is 2. The molecule has 2 aromatic rings. The summed E-state index contributed by atoms with van der Waals surface area (Å²) in [6, 6.07) is 5.35. The Hall–Kier alpha value is -2.37. The van der Waals surface area contributed by atoms with Crippen LogP contribution in [-0.4, -0.2) is 30.0 Å². The molecule has 0 atom stereocenters. The van der Waals surface area contributed by atoms with E-state index in [9.17, 15) is 9.59 Å². The summed E-state index contributed by atoms with van der Waals surface area (Å²) in [7, 11) is 2.73. The number of hydrogen-bond donors (Lipinski definition) is 0. The van der Waals surface area contributed by atoms with E-state index in [0.29, 0.717) is 16.7 Å². The molecule has 6 heteroatoms. The lowest BCUT2D eigenvalue weighted by atomic mass is 10.1. The number of carbonyl (C=O) groups is 1. The normalized spacial score (nSPS) is 10.5. The van der Waals surface area contributed by atoms with Gasteiger partial charge in [0.1, 0.15) is 6.54 Å². The first-order valence-corrected chi connectivity index (χ1v) is 5.69. The van der Waals surface area contributed by atoms with E-state index in [4.69, 9.17) is 4.74 Å². The zero-order chi connectivity index (χ0) is 14.0. The second-order valence-electron chi connectivity index (χ2n) is 4.10. The molecule has 1 heterocycles. The van der Waals surface area contributed by atoms with Crippen molar-refractivity contribution in [3.63, 3.8) is 0 Å². The van der Waals surface area contributed by atoms with Crippen LogP contribution in [-0.2, 0) is 16.1 Å². The number of ether oxygens (including phenoxy) is 2. The van der Waals surface area contributed by atoms with Gasteiger partial charge in [0.15, 0.2) is 0 Å². The van der Waals surface area contributed by atoms with Crippen molar-refractivity contribution in [2.45, 2.75) is 13.5 Å². The Balaban J connectivity index is 2.68. The molecule has 0 amide bonds. The molecule has 0 fully saturated rings. The summed E-state index contributed by atoms with van der Waals surface area (Å²) >= 11 is 0. The lowest BCUT2D eigenvalue weighted by Gasteiger charge is -2.09. The molecule has 0 saturated carbocycles. The fourth-order valence-corrected chi connectivity index (χ4v) is 1.81. The number of methoxy groups -OCH3 is 2. The first kappa shape index (κ1) is 13.1. The fourth-order valence-electron chi connectivity index (χ4n) is 1.81. The van der Waals surface area contributed by atoms with Gasteiger partial charge in [0, 0.05) is 0 Å². The lowest BCUT2D eigenvalue weighted by Crippen LogP contribution is -2.27. The van der Waals surface area contributed by atoms with Crippen LogP contribution >= 0.6 is 0 Å². The number of benzene rings is 1. The lowest BCUT2D eigenvalue weighted by molar-refractivity contribution is -0.141. The maximum atomic E-state index is 12.2. The SMILES string of the molecule is COC(=O)Cn1nc(OC)c2cc(C)ccc2c1=O. The third kappa shape index (κ3) is 2.42. The van der Waals surface area contributed by atoms with Gasteiger partial charge in [-0.1, -0.05) is 11.6 Å². The Morgan fingerprint density at radius 2 is 2.05 bits per heavy atom. The molecule has 0 bridgehead atoms. The number of aryl methyl sites for hydroxylation is 1. The molecule has 0 N–H and O–H groups in total. The highest BCUT2D eigenvalue weighted by molar-refractivity contribution is 5.86. The van der Waals surface area contributed by atoms with Crippen LogP contribution in [0.4, 0.5) is 0 Å². The standard InChI is InChI=1S/C13H14N2O4/c1-8-4-5-9-10(6-8)12(19-3)14-15(13(9)17)7-11(16)18-2/h4-6H,7H2,1-3H3. The zero-order valence-corrected chi connectivity index (χ0v) is 11.0. The minimum absolute atomic E-state index is 0.241. The van der Waals surface area contributed by atoms with E-state index in [-0.39, 0.29) is 12.1 Å². The molecule has 0 radical (unpaired) electrons. The molecule has 0 saturated heterocycles. The Morgan fingerprint density at radius 3 is 2.68 bits per heavy atom. The van der Waals surface area contributed by atoms with Crippen LogP contribution in [0.2, 0.25) is 0 Å². The molecule has 100 valence electrons. The van der Waals surface area contributed by atoms with Crippen molar-refractivity contribution in [2.75, 3.05) is 14.2 Å². The molecule has 1 aromatic heterocycles. The topological polar surface area (TPSA) is 70.4 Å². The molecule has 0 aliphatic rings. The molecule has 19 heavy (non-hydrogen) atoms. The summed E-state index contributed by atoms with van der Waals surface area (Å²) in [5.74, 6) is -0.231. The number of fused-ring (bicyclic) bond motifs is 1. The molecule has 0 spiro atoms. The Morgan fingerprint density at radius 1 is 1.32 bits per heavy atom. The molecule has 0 aliphatic heterocycles. The Labute approximate surface area is 109 Å². The number of rotatable bonds is 3. The van der Waals surface area contributed by atoms with Gasteiger partial charge >= 0.3 is 5.97 Å². The predicted molar refractivity (Wildman–Crippen MR) is 69.3 cm³/mol. The van der Waals surface area contributed by atoms with Gasteiger partial charge in [-0.2, -0.15) is 0 Å². The van der Waals surface area contributed by atoms with Crippen LogP contribution in [0.5, 0.6) is 5.88 Å². The minimum atomic E-state index is -0.539. The van der Waals surface area contributed by atoms with E-state index in [1.165, 1.54) is 14.2 Å². The average molecular weight is 262 g/mol. The van der Waals surface area contributed by atoms with Crippen molar-refractivity contribution in [1.82, 2.24) is 9.78 Å². The highest BCUT2D eigenvalue weighted by Gasteiger charge is 2.13. The van der Waals surface area contributed by atoms with Crippen molar-refractivity contribution in [3.8, 4) is 5.88 Å². The van der Waals surface area contributed by atoms with Crippen LogP contribution in [0.1, 0.15) is 5.56 Å². The smallest absolute Gasteiger partial charge is 0.327 e. The van der Waals surface area contributed by atoms with E-state index < -0.39 is 5.97 Å². The number of aromatic nitrogens is 2. The van der Waals surface area contributed by atoms with E-state index >= 15 is 0 Å². The van der Waals surface area contributed by atoms with Gasteiger partial charge in [0.05, 0.1) is 25.0 Å².